The van der Waals surface area contributed by atoms with Gasteiger partial charge in [0.05, 0.1) is 80.1 Å². The Morgan fingerprint density at radius 2 is 0.782 bits per heavy atom. The second-order valence-electron chi connectivity index (χ2n) is 43.5. The fourth-order valence-corrected chi connectivity index (χ4v) is 50.3. The first-order valence-corrected chi connectivity index (χ1v) is 82.2. The highest BCUT2D eigenvalue weighted by Crippen LogP contribution is 2.50. The highest BCUT2D eigenvalue weighted by Gasteiger charge is 2.57. The Morgan fingerprint density at radius 3 is 1.21 bits per heavy atom. The van der Waals surface area contributed by atoms with Gasteiger partial charge in [-0.2, -0.15) is 0 Å². The van der Waals surface area contributed by atoms with Crippen LogP contribution in [0.3, 0.4) is 0 Å². The summed E-state index contributed by atoms with van der Waals surface area (Å²) in [5, 5.41) is 14.8. The number of alkyl carbamates (subject to hydrolysis) is 1. The van der Waals surface area contributed by atoms with Gasteiger partial charge in [0.1, 0.15) is 18.8 Å². The Hall–Kier alpha value is -3.51. The molecule has 0 saturated carbocycles. The van der Waals surface area contributed by atoms with Crippen LogP contribution in [0.5, 0.6) is 0 Å². The van der Waals surface area contributed by atoms with Gasteiger partial charge in [0.2, 0.25) is 0 Å². The molecule has 2 fully saturated rings. The highest BCUT2D eigenvalue weighted by molar-refractivity contribution is 6.77. The molecule has 0 radical (unpaired) electrons. The number of benzene rings is 2. The zero-order valence-corrected chi connectivity index (χ0v) is 108. The minimum atomic E-state index is -2.69. The monoisotopic (exact) mass is 2200 g/mol. The summed E-state index contributed by atoms with van der Waals surface area (Å²) in [5.41, 5.74) is 4.56. The minimum absolute atomic E-state index is 0.0120. The topological polar surface area (TPSA) is 205 Å². The van der Waals surface area contributed by atoms with Gasteiger partial charge >= 0.3 is 12.1 Å². The first-order chi connectivity index (χ1) is 70.5. The maximum atomic E-state index is 15.6. The molecular formula is C119H215NO18Si9. The molecule has 147 heavy (non-hydrogen) atoms. The standard InChI is InChI=1S/C119H215NO18Si9/c1-33-139(34-2,35-3)130-99-84-85-108(133-142(42-10,43-11)44-12)110(134-143(45-13,46-14)47-15)89-101(132-141(39-7,40-8)41-9)91-119(124-32)92-111(135-144(48-16,49-17)50-18)106(83-76-86-121)109(129-119)88-98(78-71-69-67-65-63-61-60-62-64-66-68-70-77-94(28)114(136-145(51-19,52-20)53-21)95(29)96(30)126-112(122)90-100(87-99)131-140(36-4,37-5)38-6)128-117-116(138-147(57-25,58-26)59-27)113(115(97(31)127-117)137-146(54-22,55-23)56-24)120-118(123)125-93-107-104-81-74-72-79-102(104)103-80-73-75-82-105(103)107/h60-83,94-101,106-111,113-117,121H,33-59,84-93H2,1-32H3,(H,120,123)/b61-60+,64-62+,65-63+,68-66+,69-67+,77-70+,78-71+,83-76+/t94-,95-,96-,97+,98-,99+,100+,101-,106-,108+,109-,110+,111-,113-,114+,115+,116-,117-,119+/m0/s1. The molecule has 19 atom stereocenters. The highest BCUT2D eigenvalue weighted by atomic mass is 28.4. The van der Waals surface area contributed by atoms with Crippen LogP contribution >= 0.6 is 0 Å². The number of hydrogen-bond donors (Lipinski definition) is 2. The van der Waals surface area contributed by atoms with Crippen molar-refractivity contribution in [1.82, 2.24) is 5.32 Å². The summed E-state index contributed by atoms with van der Waals surface area (Å²) in [6.45, 7) is 71.0. The van der Waals surface area contributed by atoms with Crippen molar-refractivity contribution in [3.05, 3.63) is 157 Å². The number of aliphatic hydroxyl groups excluding tert-OH is 1. The Morgan fingerprint density at radius 1 is 0.408 bits per heavy atom. The number of ether oxygens (including phenoxy) is 6. The molecular weight excluding hydrogens is 1980 g/mol. The third-order valence-electron chi connectivity index (χ3n) is 37.0. The van der Waals surface area contributed by atoms with Gasteiger partial charge in [0.15, 0.2) is 86.9 Å². The number of fused-ring (bicyclic) bond motifs is 5. The number of amides is 1. The smallest absolute Gasteiger partial charge is 0.407 e. The Kier molecular flexibility index (Phi) is 59.0. The second kappa shape index (κ2) is 65.6. The van der Waals surface area contributed by atoms with E-state index in [1.54, 1.807) is 0 Å². The van der Waals surface area contributed by atoms with Crippen LogP contribution in [0.4, 0.5) is 4.79 Å². The number of hydrogen-bond acceptors (Lipinski definition) is 18. The van der Waals surface area contributed by atoms with E-state index in [4.69, 9.17) is 68.3 Å². The molecule has 0 spiro atoms. The molecule has 1 aliphatic carbocycles. The molecule has 2 saturated heterocycles. The first kappa shape index (κ1) is 132. The van der Waals surface area contributed by atoms with Gasteiger partial charge in [-0.05, 0) is 231 Å². The van der Waals surface area contributed by atoms with E-state index in [1.807, 2.05) is 61.8 Å². The number of esters is 1. The molecule has 28 heteroatoms. The van der Waals surface area contributed by atoms with Crippen LogP contribution in [-0.2, 0) is 73.0 Å². The van der Waals surface area contributed by atoms with Gasteiger partial charge in [0.25, 0.3) is 0 Å². The van der Waals surface area contributed by atoms with E-state index in [-0.39, 0.29) is 68.1 Å². The number of allylic oxidation sites excluding steroid dienone is 12. The molecule has 3 aliphatic heterocycles. The molecule has 2 bridgehead atoms. The van der Waals surface area contributed by atoms with Gasteiger partial charge in [-0.1, -0.05) is 347 Å². The van der Waals surface area contributed by atoms with Crippen LogP contribution in [0.1, 0.15) is 283 Å². The zero-order valence-electron chi connectivity index (χ0n) is 98.9. The van der Waals surface area contributed by atoms with Crippen molar-refractivity contribution in [3.8, 4) is 11.1 Å². The fraction of sp³-hybridized carbons (Fsp3) is 0.748. The summed E-state index contributed by atoms with van der Waals surface area (Å²) in [6, 6.07) is 41.0. The molecule has 19 nitrogen and oxygen atoms in total. The van der Waals surface area contributed by atoms with Crippen LogP contribution < -0.4 is 5.32 Å². The molecule has 0 unspecified atom stereocenters. The van der Waals surface area contributed by atoms with E-state index in [0.29, 0.717) is 38.5 Å². The molecule has 840 valence electrons. The largest absolute Gasteiger partial charge is 0.462 e. The van der Waals surface area contributed by atoms with Crippen molar-refractivity contribution in [2.45, 2.75) is 533 Å². The van der Waals surface area contributed by atoms with Crippen LogP contribution in [0.25, 0.3) is 11.1 Å². The fourth-order valence-electron chi connectivity index (χ4n) is 24.2. The SMILES string of the molecule is CC[Si](CC)(CC)O[C@@H]1CC[C@@H](O[Si](CC)(CC)CC)[C@H](O[Si](CC)(CC)CC)C[C@H](O[Si](CC)(CC)CC)C[C@]2(OC)C[C@H](O[Si](CC)(CC)CC)[C@@H](/C=C/CO)[C@H](C[C@@H](O[C@@H]3O[C@H](C)[C@@H](O[Si](CC)(CC)CC)[C@H](NC(=O)OCC4c5ccccc5-c5ccccc54)[C@@H]3O[Si](CC)(CC)CC)/C=C/C=C/C=C/C=C/C=C/C=C/C=C/[C@H](C)[C@@H](O[Si](CC)(CC)CC)[C@@H](C)[C@H](C)OC(=O)C[C@H](O[Si](CC)(CC)CC)C1)O2. The zero-order chi connectivity index (χ0) is 109. The minimum Gasteiger partial charge on any atom is -0.462 e. The van der Waals surface area contributed by atoms with E-state index in [2.05, 4.69) is 311 Å². The normalized spacial score (nSPS) is 28.2. The second-order valence-corrected chi connectivity index (χ2v) is 86.0. The molecule has 1 amide bonds. The lowest BCUT2D eigenvalue weighted by Gasteiger charge is -2.52. The number of nitrogens with one attached hydrogen (secondary N) is 1. The third-order valence-corrected chi connectivity index (χ3v) is 79.0. The van der Waals surface area contributed by atoms with E-state index in [9.17, 15) is 5.11 Å². The molecule has 4 aliphatic rings. The summed E-state index contributed by atoms with van der Waals surface area (Å²) in [6.07, 6.45) is 28.2. The molecule has 2 aromatic carbocycles. The van der Waals surface area contributed by atoms with Crippen molar-refractivity contribution in [1.29, 1.82) is 0 Å². The Balaban J connectivity index is 1.76. The summed E-state index contributed by atoms with van der Waals surface area (Å²) in [5.74, 6) is -2.30. The number of rotatable bonds is 53. The molecule has 3 heterocycles. The van der Waals surface area contributed by atoms with E-state index in [1.165, 1.54) is 0 Å². The van der Waals surface area contributed by atoms with E-state index in [0.717, 1.165) is 185 Å². The maximum absolute atomic E-state index is 15.6. The Labute approximate surface area is 907 Å². The predicted octanol–water partition coefficient (Wildman–Crippen LogP) is 32.7. The molecule has 2 N–H and O–H groups in total. The van der Waals surface area contributed by atoms with Crippen LogP contribution in [-0.4, -0.2) is 210 Å². The third kappa shape index (κ3) is 36.5. The van der Waals surface area contributed by atoms with E-state index >= 15 is 9.59 Å². The number of aliphatic hydroxyl groups is 1. The summed E-state index contributed by atoms with van der Waals surface area (Å²) in [4.78, 5) is 31.2. The predicted molar refractivity (Wildman–Crippen MR) is 639 cm³/mol. The van der Waals surface area contributed by atoms with Gasteiger partial charge in [-0.25, -0.2) is 4.79 Å². The van der Waals surface area contributed by atoms with E-state index < -0.39 is 166 Å². The van der Waals surface area contributed by atoms with Crippen molar-refractivity contribution in [2.75, 3.05) is 20.3 Å². The summed E-state index contributed by atoms with van der Waals surface area (Å²) < 4.78 is 118. The lowest BCUT2D eigenvalue weighted by atomic mass is 9.82. The van der Waals surface area contributed by atoms with Crippen molar-refractivity contribution in [2.24, 2.45) is 17.8 Å². The van der Waals surface area contributed by atoms with Gasteiger partial charge in [0, 0.05) is 50.2 Å². The summed E-state index contributed by atoms with van der Waals surface area (Å²) in [7, 11) is -20.6. The first-order valence-electron chi connectivity index (χ1n) is 59.4. The molecule has 2 aromatic rings. The number of cyclic esters (lactones) is 1. The van der Waals surface area contributed by atoms with Crippen LogP contribution in [0.15, 0.2) is 146 Å². The molecule has 0 aromatic heterocycles. The lowest BCUT2D eigenvalue weighted by Crippen LogP contribution is -2.69. The lowest BCUT2D eigenvalue weighted by molar-refractivity contribution is -0.312. The number of carbonyl (C=O) groups excluding carboxylic acids is 2. The van der Waals surface area contributed by atoms with Gasteiger partial charge in [-0.15, -0.1) is 0 Å². The quantitative estimate of drug-likeness (QED) is 0.0359. The Bertz CT molecular complexity index is 4160. The van der Waals surface area contributed by atoms with Crippen molar-refractivity contribution in [3.63, 3.8) is 0 Å². The van der Waals surface area contributed by atoms with Gasteiger partial charge in [-0.3, -0.25) is 4.79 Å². The van der Waals surface area contributed by atoms with Crippen LogP contribution in [0, 0.1) is 17.8 Å². The number of methoxy groups -OCH3 is 1. The molecule has 6 rings (SSSR count). The average molecular weight is 2200 g/mol. The summed E-state index contributed by atoms with van der Waals surface area (Å²) >= 11 is 0. The van der Waals surface area contributed by atoms with Crippen molar-refractivity contribution < 1.29 is 83.0 Å². The number of carbonyl (C=O) groups is 2. The van der Waals surface area contributed by atoms with Crippen molar-refractivity contribution >= 4 is 86.9 Å². The van der Waals surface area contributed by atoms with Crippen LogP contribution in [0.2, 0.25) is 163 Å². The maximum Gasteiger partial charge on any atom is 0.407 e. The average Bonchev–Trinajstić information content (AvgIpc) is 1.60. The van der Waals surface area contributed by atoms with Gasteiger partial charge < -0.3 is 78.7 Å².